The fourth-order valence-corrected chi connectivity index (χ4v) is 4.28. The lowest BCUT2D eigenvalue weighted by molar-refractivity contribution is -0.121. The van der Waals surface area contributed by atoms with Crippen LogP contribution in [0.25, 0.3) is 0 Å². The maximum atomic E-state index is 13.8. The summed E-state index contributed by atoms with van der Waals surface area (Å²) in [6.07, 6.45) is 0.620. The van der Waals surface area contributed by atoms with E-state index in [2.05, 4.69) is 15.0 Å². The fraction of sp³-hybridized carbons (Fsp3) is 0.300. The molecule has 0 saturated carbocycles. The van der Waals surface area contributed by atoms with Gasteiger partial charge in [0.1, 0.15) is 17.7 Å². The Balaban J connectivity index is 1.53. The number of nitrogens with zero attached hydrogens (tertiary/aromatic N) is 2. The Hall–Kier alpha value is -2.94. The zero-order chi connectivity index (χ0) is 21.0. The third kappa shape index (κ3) is 4.73. The van der Waals surface area contributed by atoms with E-state index in [1.54, 1.807) is 55.3 Å². The van der Waals surface area contributed by atoms with Gasteiger partial charge in [-0.2, -0.15) is 0 Å². The van der Waals surface area contributed by atoms with Gasteiger partial charge in [0, 0.05) is 25.7 Å². The van der Waals surface area contributed by atoms with Gasteiger partial charge in [-0.05, 0) is 37.6 Å². The predicted molar refractivity (Wildman–Crippen MR) is 110 cm³/mol. The smallest absolute Gasteiger partial charge is 0.263 e. The van der Waals surface area contributed by atoms with E-state index in [0.29, 0.717) is 30.8 Å². The molecule has 1 aliphatic rings. The van der Waals surface area contributed by atoms with E-state index in [-0.39, 0.29) is 22.5 Å². The maximum Gasteiger partial charge on any atom is 0.263 e. The number of aliphatic imine (C=N–C) groups is 1. The summed E-state index contributed by atoms with van der Waals surface area (Å²) in [5, 5.41) is 2.78. The van der Waals surface area contributed by atoms with Crippen molar-refractivity contribution in [3.8, 4) is 0 Å². The molecule has 0 aromatic heterocycles. The van der Waals surface area contributed by atoms with E-state index >= 15 is 0 Å². The number of para-hydroxylation sites is 1. The minimum absolute atomic E-state index is 0.155. The summed E-state index contributed by atoms with van der Waals surface area (Å²) in [4.78, 5) is 18.5. The van der Waals surface area contributed by atoms with Gasteiger partial charge in [0.25, 0.3) is 10.0 Å². The van der Waals surface area contributed by atoms with Gasteiger partial charge in [-0.15, -0.1) is 0 Å². The van der Waals surface area contributed by atoms with Crippen LogP contribution in [0.1, 0.15) is 18.9 Å². The van der Waals surface area contributed by atoms with E-state index in [4.69, 9.17) is 0 Å². The number of amides is 1. The van der Waals surface area contributed by atoms with Gasteiger partial charge in [0.15, 0.2) is 0 Å². The highest BCUT2D eigenvalue weighted by Crippen LogP contribution is 2.22. The zero-order valence-corrected chi connectivity index (χ0v) is 17.0. The number of rotatable bonds is 7. The summed E-state index contributed by atoms with van der Waals surface area (Å²) in [6.45, 7) is 2.56. The highest BCUT2D eigenvalue weighted by atomic mass is 32.2. The average molecular weight is 418 g/mol. The van der Waals surface area contributed by atoms with Gasteiger partial charge in [-0.1, -0.05) is 24.3 Å². The molecule has 0 unspecified atom stereocenters. The molecular weight excluding hydrogens is 395 g/mol. The Kier molecular flexibility index (Phi) is 6.17. The molecule has 1 atom stereocenters. The number of anilines is 1. The molecule has 1 amide bonds. The van der Waals surface area contributed by atoms with Gasteiger partial charge in [0.05, 0.1) is 10.6 Å². The summed E-state index contributed by atoms with van der Waals surface area (Å²) >= 11 is 0. The van der Waals surface area contributed by atoms with Crippen molar-refractivity contribution in [1.82, 2.24) is 10.0 Å². The van der Waals surface area contributed by atoms with Crippen LogP contribution in [0.2, 0.25) is 0 Å². The van der Waals surface area contributed by atoms with Crippen molar-refractivity contribution in [2.75, 3.05) is 25.0 Å². The first-order chi connectivity index (χ1) is 13.8. The molecule has 7 nitrogen and oxygen atoms in total. The van der Waals surface area contributed by atoms with Gasteiger partial charge >= 0.3 is 0 Å². The third-order valence-electron chi connectivity index (χ3n) is 4.60. The number of hydrogen-bond acceptors (Lipinski definition) is 5. The number of amidine groups is 1. The predicted octanol–water partition coefficient (Wildman–Crippen LogP) is 1.90. The van der Waals surface area contributed by atoms with Gasteiger partial charge in [-0.3, -0.25) is 14.5 Å². The molecule has 0 spiro atoms. The molecule has 0 fully saturated rings. The van der Waals surface area contributed by atoms with Crippen LogP contribution in [0.3, 0.4) is 0 Å². The maximum absolute atomic E-state index is 13.8. The SMILES string of the molecule is C[C@H](N=C1NS(=O)(=O)c2ccccc21)C(=O)NCCCN(C)c1ccccc1F. The first-order valence-electron chi connectivity index (χ1n) is 9.23. The Morgan fingerprint density at radius 1 is 1.21 bits per heavy atom. The first-order valence-corrected chi connectivity index (χ1v) is 10.7. The van der Waals surface area contributed by atoms with Crippen LogP contribution in [0.5, 0.6) is 0 Å². The number of halogens is 1. The second-order valence-corrected chi connectivity index (χ2v) is 8.42. The van der Waals surface area contributed by atoms with Crippen LogP contribution < -0.4 is 14.9 Å². The molecule has 2 aromatic carbocycles. The van der Waals surface area contributed by atoms with Crippen molar-refractivity contribution in [1.29, 1.82) is 0 Å². The number of fused-ring (bicyclic) bond motifs is 1. The summed E-state index contributed by atoms with van der Waals surface area (Å²) in [7, 11) is -1.84. The van der Waals surface area contributed by atoms with E-state index < -0.39 is 16.1 Å². The minimum Gasteiger partial charge on any atom is -0.372 e. The molecule has 0 aliphatic carbocycles. The van der Waals surface area contributed by atoms with Crippen LogP contribution >= 0.6 is 0 Å². The summed E-state index contributed by atoms with van der Waals surface area (Å²) in [6, 6.07) is 12.3. The number of sulfonamides is 1. The Morgan fingerprint density at radius 3 is 2.66 bits per heavy atom. The summed E-state index contributed by atoms with van der Waals surface area (Å²) in [5.74, 6) is -0.431. The normalized spacial score (nSPS) is 16.7. The highest BCUT2D eigenvalue weighted by molar-refractivity contribution is 7.90. The largest absolute Gasteiger partial charge is 0.372 e. The molecule has 3 rings (SSSR count). The second-order valence-electron chi connectivity index (χ2n) is 6.77. The molecular formula is C20H23FN4O3S. The zero-order valence-electron chi connectivity index (χ0n) is 16.2. The standard InChI is InChI=1S/C20H23FN4O3S/c1-14(23-19-15-8-3-6-11-18(15)29(27,28)24-19)20(26)22-12-7-13-25(2)17-10-5-4-9-16(17)21/h3-6,8-11,14H,7,12-13H2,1-2H3,(H,22,26)(H,23,24)/t14-/m0/s1. The summed E-state index contributed by atoms with van der Waals surface area (Å²) < 4.78 is 40.4. The number of hydrogen-bond donors (Lipinski definition) is 2. The van der Waals surface area contributed by atoms with E-state index in [9.17, 15) is 17.6 Å². The lowest BCUT2D eigenvalue weighted by atomic mass is 10.2. The van der Waals surface area contributed by atoms with Gasteiger partial charge < -0.3 is 10.2 Å². The number of benzene rings is 2. The molecule has 2 aromatic rings. The summed E-state index contributed by atoms with van der Waals surface area (Å²) in [5.41, 5.74) is 0.962. The van der Waals surface area contributed by atoms with E-state index in [0.717, 1.165) is 0 Å². The van der Waals surface area contributed by atoms with Crippen LogP contribution in [-0.2, 0) is 14.8 Å². The van der Waals surface area contributed by atoms with Crippen molar-refractivity contribution in [3.63, 3.8) is 0 Å². The van der Waals surface area contributed by atoms with Crippen molar-refractivity contribution in [3.05, 3.63) is 59.9 Å². The van der Waals surface area contributed by atoms with Crippen molar-refractivity contribution in [2.45, 2.75) is 24.3 Å². The first kappa shape index (κ1) is 20.8. The van der Waals surface area contributed by atoms with Crippen molar-refractivity contribution in [2.24, 2.45) is 4.99 Å². The Morgan fingerprint density at radius 2 is 1.90 bits per heavy atom. The van der Waals surface area contributed by atoms with Gasteiger partial charge in [-0.25, -0.2) is 12.8 Å². The fourth-order valence-electron chi connectivity index (χ4n) is 3.04. The number of nitrogens with one attached hydrogen (secondary N) is 2. The molecule has 0 radical (unpaired) electrons. The molecule has 2 N–H and O–H groups in total. The van der Waals surface area contributed by atoms with E-state index in [1.807, 2.05) is 0 Å². The molecule has 1 aliphatic heterocycles. The molecule has 1 heterocycles. The molecule has 29 heavy (non-hydrogen) atoms. The Labute approximate surface area is 169 Å². The van der Waals surface area contributed by atoms with Crippen LogP contribution in [0.4, 0.5) is 10.1 Å². The van der Waals surface area contributed by atoms with Crippen molar-refractivity contribution >= 4 is 27.5 Å². The van der Waals surface area contributed by atoms with Crippen molar-refractivity contribution < 1.29 is 17.6 Å². The van der Waals surface area contributed by atoms with Crippen LogP contribution in [-0.4, -0.2) is 46.3 Å². The quantitative estimate of drug-likeness (QED) is 0.672. The number of carbonyl (C=O) groups is 1. The molecule has 0 saturated heterocycles. The number of carbonyl (C=O) groups excluding carboxylic acids is 1. The average Bonchev–Trinajstić information content (AvgIpc) is 2.95. The monoisotopic (exact) mass is 418 g/mol. The molecule has 154 valence electrons. The highest BCUT2D eigenvalue weighted by Gasteiger charge is 2.31. The van der Waals surface area contributed by atoms with Crippen LogP contribution in [0, 0.1) is 5.82 Å². The lowest BCUT2D eigenvalue weighted by Gasteiger charge is -2.20. The van der Waals surface area contributed by atoms with E-state index in [1.165, 1.54) is 12.1 Å². The minimum atomic E-state index is -3.64. The molecule has 9 heteroatoms. The van der Waals surface area contributed by atoms with Gasteiger partial charge in [0.2, 0.25) is 5.91 Å². The third-order valence-corrected chi connectivity index (χ3v) is 6.00. The topological polar surface area (TPSA) is 90.9 Å². The lowest BCUT2D eigenvalue weighted by Crippen LogP contribution is -2.35. The van der Waals surface area contributed by atoms with Crippen LogP contribution in [0.15, 0.2) is 58.4 Å². The molecule has 0 bridgehead atoms. The second kappa shape index (κ2) is 8.60. The Bertz CT molecular complexity index is 1040.